The zero-order valence-corrected chi connectivity index (χ0v) is 9.75. The van der Waals surface area contributed by atoms with Crippen LogP contribution in [0.2, 0.25) is 0 Å². The first-order chi connectivity index (χ1) is 7.15. The predicted molar refractivity (Wildman–Crippen MR) is 61.0 cm³/mol. The van der Waals surface area contributed by atoms with Gasteiger partial charge in [-0.05, 0) is 29.3 Å². The SMILES string of the molecule is CCN(C)C(=O)NCC(O)c1ccsc1. The summed E-state index contributed by atoms with van der Waals surface area (Å²) in [5.41, 5.74) is 0.847. The summed E-state index contributed by atoms with van der Waals surface area (Å²) in [4.78, 5) is 12.9. The van der Waals surface area contributed by atoms with Crippen LogP contribution in [0.25, 0.3) is 0 Å². The van der Waals surface area contributed by atoms with Gasteiger partial charge in [0.1, 0.15) is 0 Å². The maximum atomic E-state index is 11.4. The molecule has 84 valence electrons. The van der Waals surface area contributed by atoms with Crippen LogP contribution in [-0.4, -0.2) is 36.2 Å². The number of thiophene rings is 1. The third-order valence-electron chi connectivity index (χ3n) is 2.20. The molecule has 1 aromatic rings. The van der Waals surface area contributed by atoms with Crippen LogP contribution in [0.1, 0.15) is 18.6 Å². The number of aliphatic hydroxyl groups is 1. The first-order valence-electron chi connectivity index (χ1n) is 4.84. The van der Waals surface area contributed by atoms with Gasteiger partial charge >= 0.3 is 6.03 Å². The molecule has 2 N–H and O–H groups in total. The average Bonchev–Trinajstić information content (AvgIpc) is 2.77. The molecule has 4 nitrogen and oxygen atoms in total. The van der Waals surface area contributed by atoms with E-state index in [0.29, 0.717) is 6.54 Å². The summed E-state index contributed by atoms with van der Waals surface area (Å²) in [5.74, 6) is 0. The van der Waals surface area contributed by atoms with Gasteiger partial charge in [0, 0.05) is 20.1 Å². The molecule has 15 heavy (non-hydrogen) atoms. The van der Waals surface area contributed by atoms with Crippen LogP contribution in [0.4, 0.5) is 4.79 Å². The predicted octanol–water partition coefficient (Wildman–Crippen LogP) is 1.44. The van der Waals surface area contributed by atoms with Gasteiger partial charge in [-0.25, -0.2) is 4.79 Å². The Balaban J connectivity index is 2.34. The highest BCUT2D eigenvalue weighted by Crippen LogP contribution is 2.14. The molecule has 0 aliphatic heterocycles. The van der Waals surface area contributed by atoms with Gasteiger partial charge in [-0.1, -0.05) is 0 Å². The van der Waals surface area contributed by atoms with Crippen molar-refractivity contribution in [1.29, 1.82) is 0 Å². The minimum absolute atomic E-state index is 0.160. The van der Waals surface area contributed by atoms with Crippen molar-refractivity contribution in [3.05, 3.63) is 22.4 Å². The molecule has 1 aromatic heterocycles. The molecule has 5 heteroatoms. The number of hydrogen-bond acceptors (Lipinski definition) is 3. The minimum atomic E-state index is -0.620. The summed E-state index contributed by atoms with van der Waals surface area (Å²) in [6, 6.07) is 1.69. The van der Waals surface area contributed by atoms with Crippen molar-refractivity contribution in [3.63, 3.8) is 0 Å². The highest BCUT2D eigenvalue weighted by atomic mass is 32.1. The number of urea groups is 1. The van der Waals surface area contributed by atoms with Gasteiger partial charge in [-0.3, -0.25) is 0 Å². The van der Waals surface area contributed by atoms with Crippen LogP contribution < -0.4 is 5.32 Å². The Bertz CT molecular complexity index is 300. The highest BCUT2D eigenvalue weighted by Gasteiger charge is 2.11. The van der Waals surface area contributed by atoms with E-state index >= 15 is 0 Å². The standard InChI is InChI=1S/C10H16N2O2S/c1-3-12(2)10(14)11-6-9(13)8-4-5-15-7-8/h4-5,7,9,13H,3,6H2,1-2H3,(H,11,14). The fourth-order valence-electron chi connectivity index (χ4n) is 1.05. The van der Waals surface area contributed by atoms with Gasteiger partial charge in [0.05, 0.1) is 6.10 Å². The fraction of sp³-hybridized carbons (Fsp3) is 0.500. The summed E-state index contributed by atoms with van der Waals surface area (Å²) in [6.45, 7) is 2.80. The van der Waals surface area contributed by atoms with Gasteiger partial charge < -0.3 is 15.3 Å². The molecule has 0 saturated carbocycles. The second-order valence-electron chi connectivity index (χ2n) is 3.27. The van der Waals surface area contributed by atoms with Crippen molar-refractivity contribution >= 4 is 17.4 Å². The lowest BCUT2D eigenvalue weighted by Crippen LogP contribution is -2.38. The van der Waals surface area contributed by atoms with E-state index in [4.69, 9.17) is 0 Å². The van der Waals surface area contributed by atoms with E-state index in [1.807, 2.05) is 23.8 Å². The van der Waals surface area contributed by atoms with Crippen molar-refractivity contribution in [3.8, 4) is 0 Å². The normalized spacial score (nSPS) is 12.2. The number of amides is 2. The maximum Gasteiger partial charge on any atom is 0.317 e. The number of rotatable bonds is 4. The van der Waals surface area contributed by atoms with Crippen LogP contribution in [0.3, 0.4) is 0 Å². The molecule has 0 fully saturated rings. The first-order valence-corrected chi connectivity index (χ1v) is 5.78. The third-order valence-corrected chi connectivity index (χ3v) is 2.90. The number of carbonyl (C=O) groups is 1. The molecule has 0 radical (unpaired) electrons. The number of nitrogens with zero attached hydrogens (tertiary/aromatic N) is 1. The van der Waals surface area contributed by atoms with E-state index < -0.39 is 6.10 Å². The van der Waals surface area contributed by atoms with Crippen molar-refractivity contribution in [2.45, 2.75) is 13.0 Å². The molecule has 0 saturated heterocycles. The van der Waals surface area contributed by atoms with Crippen molar-refractivity contribution in [2.75, 3.05) is 20.1 Å². The molecular formula is C10H16N2O2S. The van der Waals surface area contributed by atoms with E-state index in [9.17, 15) is 9.90 Å². The second kappa shape index (κ2) is 5.72. The zero-order valence-electron chi connectivity index (χ0n) is 8.93. The quantitative estimate of drug-likeness (QED) is 0.819. The van der Waals surface area contributed by atoms with Crippen LogP contribution in [-0.2, 0) is 0 Å². The van der Waals surface area contributed by atoms with E-state index in [2.05, 4.69) is 5.32 Å². The van der Waals surface area contributed by atoms with Crippen LogP contribution in [0.5, 0.6) is 0 Å². The van der Waals surface area contributed by atoms with Gasteiger partial charge in [0.25, 0.3) is 0 Å². The Hall–Kier alpha value is -1.07. The Morgan fingerprint density at radius 3 is 3.00 bits per heavy atom. The molecule has 0 spiro atoms. The lowest BCUT2D eigenvalue weighted by atomic mass is 10.2. The Labute approximate surface area is 93.5 Å². The summed E-state index contributed by atoms with van der Waals surface area (Å²) < 4.78 is 0. The van der Waals surface area contributed by atoms with Gasteiger partial charge in [0.2, 0.25) is 0 Å². The molecule has 0 aliphatic carbocycles. The molecule has 0 aromatic carbocycles. The average molecular weight is 228 g/mol. The highest BCUT2D eigenvalue weighted by molar-refractivity contribution is 7.07. The van der Waals surface area contributed by atoms with Gasteiger partial charge in [-0.15, -0.1) is 0 Å². The topological polar surface area (TPSA) is 52.6 Å². The fourth-order valence-corrected chi connectivity index (χ4v) is 1.75. The Kier molecular flexibility index (Phi) is 4.58. The number of aliphatic hydroxyl groups excluding tert-OH is 1. The summed E-state index contributed by atoms with van der Waals surface area (Å²) in [7, 11) is 1.71. The molecular weight excluding hydrogens is 212 g/mol. The molecule has 1 unspecified atom stereocenters. The van der Waals surface area contributed by atoms with Crippen molar-refractivity contribution < 1.29 is 9.90 Å². The Morgan fingerprint density at radius 2 is 2.47 bits per heavy atom. The summed E-state index contributed by atoms with van der Waals surface area (Å²) in [5, 5.41) is 16.1. The second-order valence-corrected chi connectivity index (χ2v) is 4.05. The van der Waals surface area contributed by atoms with Gasteiger partial charge in [-0.2, -0.15) is 11.3 Å². The maximum absolute atomic E-state index is 11.4. The van der Waals surface area contributed by atoms with E-state index in [-0.39, 0.29) is 12.6 Å². The van der Waals surface area contributed by atoms with Crippen LogP contribution in [0.15, 0.2) is 16.8 Å². The largest absolute Gasteiger partial charge is 0.387 e. The number of carbonyl (C=O) groups excluding carboxylic acids is 1. The molecule has 2 amide bonds. The van der Waals surface area contributed by atoms with Crippen LogP contribution >= 0.6 is 11.3 Å². The number of nitrogens with one attached hydrogen (secondary N) is 1. The minimum Gasteiger partial charge on any atom is -0.387 e. The van der Waals surface area contributed by atoms with Gasteiger partial charge in [0.15, 0.2) is 0 Å². The smallest absolute Gasteiger partial charge is 0.317 e. The molecule has 1 atom stereocenters. The first kappa shape index (κ1) is 12.0. The Morgan fingerprint density at radius 1 is 1.73 bits per heavy atom. The lowest BCUT2D eigenvalue weighted by molar-refractivity contribution is 0.166. The van der Waals surface area contributed by atoms with Crippen molar-refractivity contribution in [1.82, 2.24) is 10.2 Å². The van der Waals surface area contributed by atoms with E-state index in [1.165, 1.54) is 11.3 Å². The van der Waals surface area contributed by atoms with Crippen molar-refractivity contribution in [2.24, 2.45) is 0 Å². The third kappa shape index (κ3) is 3.53. The monoisotopic (exact) mass is 228 g/mol. The lowest BCUT2D eigenvalue weighted by Gasteiger charge is -2.17. The van der Waals surface area contributed by atoms with Crippen LogP contribution in [0, 0.1) is 0 Å². The molecule has 0 bridgehead atoms. The van der Waals surface area contributed by atoms with E-state index in [1.54, 1.807) is 11.9 Å². The molecule has 0 aliphatic rings. The number of hydrogen-bond donors (Lipinski definition) is 2. The zero-order chi connectivity index (χ0) is 11.3. The molecule has 1 rings (SSSR count). The summed E-state index contributed by atoms with van der Waals surface area (Å²) >= 11 is 1.53. The van der Waals surface area contributed by atoms with E-state index in [0.717, 1.165) is 5.56 Å². The molecule has 1 heterocycles. The summed E-state index contributed by atoms with van der Waals surface area (Å²) in [6.07, 6.45) is -0.620.